The molecule has 2 aromatic carbocycles. The SMILES string of the molecule is CCCc1cc(Cl)ccc1C1COc2ccc(C(O)C(=O)O)cc2N(CC2CCC2C(O)/C=C/C[C@@H](C)N(C)C(C)=O)C1. The summed E-state index contributed by atoms with van der Waals surface area (Å²) in [6.45, 7) is 7.44. The first-order valence-electron chi connectivity index (χ1n) is 15.3. The third-order valence-corrected chi connectivity index (χ3v) is 9.39. The lowest BCUT2D eigenvalue weighted by atomic mass is 9.70. The van der Waals surface area contributed by atoms with Crippen LogP contribution in [0.15, 0.2) is 48.6 Å². The van der Waals surface area contributed by atoms with Crippen LogP contribution >= 0.6 is 11.6 Å². The number of hydrogen-bond donors (Lipinski definition) is 3. The number of carbonyl (C=O) groups excluding carboxylic acids is 1. The average Bonchev–Trinajstić information content (AvgIpc) is 3.13. The van der Waals surface area contributed by atoms with E-state index in [0.717, 1.165) is 31.4 Å². The lowest BCUT2D eigenvalue weighted by molar-refractivity contribution is -0.147. The zero-order valence-electron chi connectivity index (χ0n) is 25.6. The molecule has 43 heavy (non-hydrogen) atoms. The van der Waals surface area contributed by atoms with Crippen LogP contribution in [0.2, 0.25) is 5.02 Å². The van der Waals surface area contributed by atoms with Crippen molar-refractivity contribution in [2.75, 3.05) is 31.6 Å². The summed E-state index contributed by atoms with van der Waals surface area (Å²) in [4.78, 5) is 27.2. The lowest BCUT2D eigenvalue weighted by Crippen LogP contribution is -2.44. The molecule has 1 amide bonds. The number of halogens is 1. The van der Waals surface area contributed by atoms with Crippen molar-refractivity contribution in [2.45, 2.75) is 77.0 Å². The zero-order valence-corrected chi connectivity index (χ0v) is 26.3. The van der Waals surface area contributed by atoms with Crippen LogP contribution in [-0.4, -0.2) is 71.0 Å². The third kappa shape index (κ3) is 7.91. The number of aliphatic hydroxyl groups excluding tert-OH is 2. The van der Waals surface area contributed by atoms with Gasteiger partial charge >= 0.3 is 5.97 Å². The van der Waals surface area contributed by atoms with Gasteiger partial charge in [0.1, 0.15) is 5.75 Å². The smallest absolute Gasteiger partial charge is 0.337 e. The molecule has 2 aromatic rings. The van der Waals surface area contributed by atoms with Gasteiger partial charge in [-0.3, -0.25) is 4.79 Å². The maximum absolute atomic E-state index is 11.7. The standard InChI is InChI=1S/C34H45ClN2O6/c1-5-7-23-16-27(35)12-14-28(23)26-19-37(30-17-24(33(40)34(41)42)11-15-32(30)43-20-26)18-25-10-13-29(25)31(39)9-6-8-21(2)36(4)22(3)38/h6,9,11-12,14-17,21,25-26,29,31,33,39-40H,5,7-8,10,13,18-20H2,1-4H3,(H,41,42)/b9-6+/t21-,25?,26?,29?,31?,33?/m1/s1. The highest BCUT2D eigenvalue weighted by Gasteiger charge is 2.38. The minimum Gasteiger partial charge on any atom is -0.491 e. The predicted octanol–water partition coefficient (Wildman–Crippen LogP) is 5.59. The molecular weight excluding hydrogens is 568 g/mol. The summed E-state index contributed by atoms with van der Waals surface area (Å²) < 4.78 is 6.33. The number of carboxylic acid groups (broad SMARTS) is 1. The molecule has 9 heteroatoms. The Hall–Kier alpha value is -3.07. The van der Waals surface area contributed by atoms with Gasteiger partial charge in [0, 0.05) is 44.0 Å². The van der Waals surface area contributed by atoms with Crippen LogP contribution < -0.4 is 9.64 Å². The second-order valence-corrected chi connectivity index (χ2v) is 12.5. The average molecular weight is 613 g/mol. The van der Waals surface area contributed by atoms with Crippen molar-refractivity contribution in [3.8, 4) is 5.75 Å². The fourth-order valence-corrected chi connectivity index (χ4v) is 6.42. The number of rotatable bonds is 12. The van der Waals surface area contributed by atoms with E-state index in [9.17, 15) is 24.9 Å². The molecule has 1 heterocycles. The number of aliphatic carboxylic acids is 1. The van der Waals surface area contributed by atoms with E-state index in [4.69, 9.17) is 16.3 Å². The number of aryl methyl sites for hydroxylation is 1. The molecule has 4 rings (SSSR count). The number of anilines is 1. The fourth-order valence-electron chi connectivity index (χ4n) is 6.22. The zero-order chi connectivity index (χ0) is 31.3. The maximum Gasteiger partial charge on any atom is 0.337 e. The molecular formula is C34H45ClN2O6. The van der Waals surface area contributed by atoms with Gasteiger partial charge in [0.15, 0.2) is 6.10 Å². The first kappa shape index (κ1) is 32.8. The van der Waals surface area contributed by atoms with Crippen LogP contribution in [0.4, 0.5) is 5.69 Å². The first-order valence-corrected chi connectivity index (χ1v) is 15.7. The number of benzene rings is 2. The van der Waals surface area contributed by atoms with Gasteiger partial charge in [0.25, 0.3) is 0 Å². The lowest BCUT2D eigenvalue weighted by Gasteiger charge is -2.42. The molecule has 0 aromatic heterocycles. The third-order valence-electron chi connectivity index (χ3n) is 9.16. The van der Waals surface area contributed by atoms with Crippen LogP contribution in [0, 0.1) is 11.8 Å². The van der Waals surface area contributed by atoms with Gasteiger partial charge in [-0.25, -0.2) is 4.79 Å². The monoisotopic (exact) mass is 612 g/mol. The Morgan fingerprint density at radius 2 is 1.95 bits per heavy atom. The topological polar surface area (TPSA) is 111 Å². The van der Waals surface area contributed by atoms with Crippen LogP contribution in [0.1, 0.15) is 75.2 Å². The summed E-state index contributed by atoms with van der Waals surface area (Å²) in [6.07, 6.45) is 6.02. The van der Waals surface area contributed by atoms with Gasteiger partial charge in [-0.1, -0.05) is 49.2 Å². The minimum absolute atomic E-state index is 0.0139. The van der Waals surface area contributed by atoms with Crippen LogP contribution in [0.5, 0.6) is 5.75 Å². The number of nitrogens with zero attached hydrogens (tertiary/aromatic N) is 2. The Morgan fingerprint density at radius 3 is 2.60 bits per heavy atom. The van der Waals surface area contributed by atoms with Crippen molar-refractivity contribution >= 4 is 29.2 Å². The van der Waals surface area contributed by atoms with Gasteiger partial charge < -0.3 is 29.9 Å². The molecule has 1 aliphatic carbocycles. The number of fused-ring (bicyclic) bond motifs is 1. The van der Waals surface area contributed by atoms with Crippen molar-refractivity contribution in [3.05, 3.63) is 70.3 Å². The van der Waals surface area contributed by atoms with Crippen molar-refractivity contribution in [1.29, 1.82) is 0 Å². The van der Waals surface area contributed by atoms with Crippen LogP contribution in [0.25, 0.3) is 0 Å². The molecule has 3 N–H and O–H groups in total. The van der Waals surface area contributed by atoms with Gasteiger partial charge in [-0.15, -0.1) is 0 Å². The molecule has 0 radical (unpaired) electrons. The van der Waals surface area contributed by atoms with E-state index in [1.807, 2.05) is 31.2 Å². The fraction of sp³-hybridized carbons (Fsp3) is 0.529. The Labute approximate surface area is 259 Å². The summed E-state index contributed by atoms with van der Waals surface area (Å²) >= 11 is 6.36. The molecule has 1 saturated carbocycles. The quantitative estimate of drug-likeness (QED) is 0.268. The second-order valence-electron chi connectivity index (χ2n) is 12.1. The molecule has 0 spiro atoms. The van der Waals surface area contributed by atoms with E-state index >= 15 is 0 Å². The van der Waals surface area contributed by atoms with Crippen LogP contribution in [0.3, 0.4) is 0 Å². The summed E-state index contributed by atoms with van der Waals surface area (Å²) in [5.41, 5.74) is 3.44. The second kappa shape index (κ2) is 14.6. The normalized spacial score (nSPS) is 22.1. The Bertz CT molecular complexity index is 1320. The van der Waals surface area contributed by atoms with Gasteiger partial charge in [-0.05, 0) is 85.4 Å². The van der Waals surface area contributed by atoms with Gasteiger partial charge in [0.05, 0.1) is 18.4 Å². The van der Waals surface area contributed by atoms with Crippen molar-refractivity contribution in [1.82, 2.24) is 4.90 Å². The Balaban J connectivity index is 1.58. The van der Waals surface area contributed by atoms with E-state index in [-0.39, 0.29) is 29.7 Å². The molecule has 1 aliphatic heterocycles. The summed E-state index contributed by atoms with van der Waals surface area (Å²) in [7, 11) is 1.78. The highest BCUT2D eigenvalue weighted by atomic mass is 35.5. The summed E-state index contributed by atoms with van der Waals surface area (Å²) in [6, 6.07) is 11.2. The van der Waals surface area contributed by atoms with Crippen LogP contribution in [-0.2, 0) is 16.0 Å². The molecule has 5 unspecified atom stereocenters. The number of amides is 1. The van der Waals surface area contributed by atoms with Gasteiger partial charge in [-0.2, -0.15) is 0 Å². The highest BCUT2D eigenvalue weighted by Crippen LogP contribution is 2.43. The first-order chi connectivity index (χ1) is 20.5. The van der Waals surface area contributed by atoms with E-state index in [1.165, 1.54) is 11.1 Å². The highest BCUT2D eigenvalue weighted by molar-refractivity contribution is 6.30. The minimum atomic E-state index is -1.63. The Kier molecular flexibility index (Phi) is 11.2. The molecule has 6 atom stereocenters. The molecule has 0 bridgehead atoms. The van der Waals surface area contributed by atoms with Crippen molar-refractivity contribution in [3.63, 3.8) is 0 Å². The summed E-state index contributed by atoms with van der Waals surface area (Å²) in [5.74, 6) is -0.293. The van der Waals surface area contributed by atoms with E-state index < -0.39 is 18.2 Å². The number of aliphatic hydroxyl groups is 2. The molecule has 234 valence electrons. The van der Waals surface area contributed by atoms with Gasteiger partial charge in [0.2, 0.25) is 5.91 Å². The summed E-state index contributed by atoms with van der Waals surface area (Å²) in [5, 5.41) is 31.6. The number of carbonyl (C=O) groups is 2. The maximum atomic E-state index is 11.7. The molecule has 2 aliphatic rings. The predicted molar refractivity (Wildman–Crippen MR) is 169 cm³/mol. The van der Waals surface area contributed by atoms with E-state index in [0.29, 0.717) is 42.5 Å². The number of hydrogen-bond acceptors (Lipinski definition) is 6. The molecule has 8 nitrogen and oxygen atoms in total. The molecule has 0 saturated heterocycles. The number of ether oxygens (including phenoxy) is 1. The van der Waals surface area contributed by atoms with E-state index in [1.54, 1.807) is 37.1 Å². The van der Waals surface area contributed by atoms with Crippen molar-refractivity contribution < 1.29 is 29.6 Å². The largest absolute Gasteiger partial charge is 0.491 e. The van der Waals surface area contributed by atoms with E-state index in [2.05, 4.69) is 17.9 Å². The number of carboxylic acids is 1. The Morgan fingerprint density at radius 1 is 1.19 bits per heavy atom. The van der Waals surface area contributed by atoms with Crippen molar-refractivity contribution in [2.24, 2.45) is 11.8 Å². The molecule has 1 fully saturated rings.